The van der Waals surface area contributed by atoms with Crippen molar-refractivity contribution in [2.24, 2.45) is 39.4 Å². The minimum atomic E-state index is -0.583. The third-order valence-corrected chi connectivity index (χ3v) is 12.9. The summed E-state index contributed by atoms with van der Waals surface area (Å²) in [4.78, 5) is 14.0. The number of fused-ring (bicyclic) bond motifs is 6. The van der Waals surface area contributed by atoms with E-state index in [0.29, 0.717) is 17.6 Å². The van der Waals surface area contributed by atoms with Crippen LogP contribution in [0, 0.1) is 39.4 Å². The van der Waals surface area contributed by atoms with Gasteiger partial charge >= 0.3 is 0 Å². The monoisotopic (exact) mass is 556 g/mol. The topological polar surface area (TPSA) is 54.0 Å². The summed E-state index contributed by atoms with van der Waals surface area (Å²) in [6, 6.07) is 0. The second-order valence-electron chi connectivity index (χ2n) is 17.5. The molecule has 5 fully saturated rings. The lowest BCUT2D eigenvalue weighted by atomic mass is 9.43. The van der Waals surface area contributed by atoms with Crippen LogP contribution in [0.15, 0.2) is 11.6 Å². The Morgan fingerprint density at radius 2 is 1.52 bits per heavy atom. The van der Waals surface area contributed by atoms with Crippen molar-refractivity contribution in [1.29, 1.82) is 0 Å². The van der Waals surface area contributed by atoms with E-state index in [-0.39, 0.29) is 51.5 Å². The van der Waals surface area contributed by atoms with Gasteiger partial charge in [0, 0.05) is 5.92 Å². The highest BCUT2D eigenvalue weighted by Crippen LogP contribution is 2.73. The molecular formula is C35H56O5. The summed E-state index contributed by atoms with van der Waals surface area (Å²) in [5.41, 5.74) is 1.27. The Morgan fingerprint density at radius 1 is 0.850 bits per heavy atom. The minimum absolute atomic E-state index is 0.0248. The molecule has 0 aromatic rings. The lowest BCUT2D eigenvalue weighted by Gasteiger charge is -2.61. The summed E-state index contributed by atoms with van der Waals surface area (Å²) in [6.45, 7) is 24.9. The zero-order valence-corrected chi connectivity index (χ0v) is 27.2. The Kier molecular flexibility index (Phi) is 6.36. The molecule has 0 spiro atoms. The van der Waals surface area contributed by atoms with Gasteiger partial charge in [-0.05, 0) is 126 Å². The Balaban J connectivity index is 1.33. The lowest BCUT2D eigenvalue weighted by Crippen LogP contribution is -2.59. The molecule has 0 N–H and O–H groups in total. The van der Waals surface area contributed by atoms with E-state index in [4.69, 9.17) is 18.9 Å². The van der Waals surface area contributed by atoms with Crippen molar-refractivity contribution < 1.29 is 23.7 Å². The zero-order chi connectivity index (χ0) is 29.3. The molecule has 0 amide bonds. The number of allylic oxidation sites excluding steroid dienone is 2. The second kappa shape index (κ2) is 8.67. The number of hydrogen-bond acceptors (Lipinski definition) is 5. The van der Waals surface area contributed by atoms with Crippen LogP contribution in [0.3, 0.4) is 0 Å². The molecule has 1 unspecified atom stereocenters. The van der Waals surface area contributed by atoms with Crippen molar-refractivity contribution in [1.82, 2.24) is 0 Å². The average molecular weight is 557 g/mol. The molecule has 6 rings (SSSR count). The van der Waals surface area contributed by atoms with E-state index in [1.807, 2.05) is 13.8 Å². The largest absolute Gasteiger partial charge is 0.345 e. The summed E-state index contributed by atoms with van der Waals surface area (Å²) < 4.78 is 26.3. The summed E-state index contributed by atoms with van der Waals surface area (Å²) in [5, 5.41) is 0. The van der Waals surface area contributed by atoms with E-state index in [9.17, 15) is 4.79 Å². The van der Waals surface area contributed by atoms with Gasteiger partial charge in [0.2, 0.25) is 0 Å². The van der Waals surface area contributed by atoms with Crippen LogP contribution in [-0.4, -0.2) is 41.3 Å². The van der Waals surface area contributed by atoms with Crippen molar-refractivity contribution in [3.63, 3.8) is 0 Å². The third kappa shape index (κ3) is 4.18. The molecule has 40 heavy (non-hydrogen) atoms. The molecule has 10 atom stereocenters. The van der Waals surface area contributed by atoms with Crippen LogP contribution in [-0.2, 0) is 23.7 Å². The molecule has 5 nitrogen and oxygen atoms in total. The molecule has 0 radical (unpaired) electrons. The molecule has 0 bridgehead atoms. The molecule has 3 saturated carbocycles. The predicted molar refractivity (Wildman–Crippen MR) is 157 cm³/mol. The van der Waals surface area contributed by atoms with E-state index in [2.05, 4.69) is 68.4 Å². The number of ketones is 1. The van der Waals surface area contributed by atoms with Crippen molar-refractivity contribution in [2.45, 2.75) is 163 Å². The first-order chi connectivity index (χ1) is 18.2. The first-order valence-corrected chi connectivity index (χ1v) is 16.2. The highest BCUT2D eigenvalue weighted by molar-refractivity contribution is 5.94. The number of carbonyl (C=O) groups is 1. The average Bonchev–Trinajstić information content (AvgIpc) is 3.34. The Morgan fingerprint density at radius 3 is 2.20 bits per heavy atom. The summed E-state index contributed by atoms with van der Waals surface area (Å²) in [7, 11) is 0. The smallest absolute Gasteiger partial charge is 0.164 e. The first-order valence-electron chi connectivity index (χ1n) is 16.2. The van der Waals surface area contributed by atoms with Crippen LogP contribution in [0.4, 0.5) is 0 Å². The number of rotatable bonds is 3. The van der Waals surface area contributed by atoms with Crippen LogP contribution in [0.25, 0.3) is 0 Å². The van der Waals surface area contributed by atoms with Gasteiger partial charge in [-0.15, -0.1) is 0 Å². The minimum Gasteiger partial charge on any atom is -0.345 e. The van der Waals surface area contributed by atoms with E-state index in [0.717, 1.165) is 51.4 Å². The zero-order valence-electron chi connectivity index (χ0n) is 27.2. The van der Waals surface area contributed by atoms with Crippen LogP contribution < -0.4 is 0 Å². The Labute approximate surface area is 243 Å². The van der Waals surface area contributed by atoms with Gasteiger partial charge in [0.25, 0.3) is 0 Å². The second-order valence-corrected chi connectivity index (χ2v) is 17.5. The maximum Gasteiger partial charge on any atom is 0.164 e. The van der Waals surface area contributed by atoms with Crippen LogP contribution in [0.5, 0.6) is 0 Å². The SMILES string of the molecule is CC(C)(C)CC[C@H]1OC(C)(C)O[C@]1(C)[C@H]1CC[C@@]2(C)C3=CC(=O)[C@@H]4C[C@H]5OC(C)(C)O[C@H]5C[C@]4(C)C3CC[C@]12C. The van der Waals surface area contributed by atoms with Gasteiger partial charge in [0.05, 0.1) is 23.9 Å². The van der Waals surface area contributed by atoms with E-state index < -0.39 is 11.6 Å². The van der Waals surface area contributed by atoms with Gasteiger partial charge in [-0.1, -0.05) is 47.1 Å². The summed E-state index contributed by atoms with van der Waals surface area (Å²) in [5.74, 6) is -0.00323. The quantitative estimate of drug-likeness (QED) is 0.352. The van der Waals surface area contributed by atoms with Gasteiger partial charge in [-0.2, -0.15) is 0 Å². The predicted octanol–water partition coefficient (Wildman–Crippen LogP) is 8.00. The number of carbonyl (C=O) groups excluding carboxylic acids is 1. The van der Waals surface area contributed by atoms with Gasteiger partial charge in [0.1, 0.15) is 0 Å². The first kappa shape index (κ1) is 29.3. The van der Waals surface area contributed by atoms with Crippen molar-refractivity contribution in [2.75, 3.05) is 0 Å². The van der Waals surface area contributed by atoms with Crippen molar-refractivity contribution in [3.05, 3.63) is 11.6 Å². The summed E-state index contributed by atoms with van der Waals surface area (Å²) >= 11 is 0. The fourth-order valence-corrected chi connectivity index (χ4v) is 10.9. The fourth-order valence-electron chi connectivity index (χ4n) is 10.9. The van der Waals surface area contributed by atoms with Crippen LogP contribution in [0.2, 0.25) is 0 Å². The summed E-state index contributed by atoms with van der Waals surface area (Å²) in [6.07, 6.45) is 10.6. The van der Waals surface area contributed by atoms with Gasteiger partial charge in [-0.25, -0.2) is 0 Å². The van der Waals surface area contributed by atoms with Crippen molar-refractivity contribution in [3.8, 4) is 0 Å². The Bertz CT molecular complexity index is 1100. The number of ether oxygens (including phenoxy) is 4. The maximum absolute atomic E-state index is 14.0. The number of hydrogen-bond donors (Lipinski definition) is 0. The third-order valence-electron chi connectivity index (χ3n) is 12.9. The van der Waals surface area contributed by atoms with E-state index in [1.165, 1.54) is 5.57 Å². The standard InChI is InChI=1S/C35H56O5/c1-29(2,3)15-14-28-35(11,40-31(6,7)39-28)27-13-17-33(9)22-18-24(36)23-19-25-26(38-30(4,5)37-25)20-32(23,8)21(22)12-16-34(27,33)10/h18,21,23,25-28H,12-17,19-20H2,1-11H3/t21?,23-,25+,26-,27-,28+,32+,33-,34+,35+/m0/s1. The molecule has 2 saturated heterocycles. The van der Waals surface area contributed by atoms with Crippen LogP contribution >= 0.6 is 0 Å². The maximum atomic E-state index is 14.0. The molecule has 2 heterocycles. The molecular weight excluding hydrogens is 500 g/mol. The fraction of sp³-hybridized carbons (Fsp3) is 0.914. The molecule has 0 aromatic carbocycles. The normalized spacial score (nSPS) is 51.1. The lowest BCUT2D eigenvalue weighted by molar-refractivity contribution is -0.183. The Hall–Kier alpha value is -0.750. The van der Waals surface area contributed by atoms with Gasteiger partial charge in [0.15, 0.2) is 17.4 Å². The molecule has 4 aliphatic carbocycles. The highest BCUT2D eigenvalue weighted by atomic mass is 16.8. The molecule has 0 aromatic heterocycles. The molecule has 2 aliphatic heterocycles. The van der Waals surface area contributed by atoms with Gasteiger partial charge < -0.3 is 18.9 Å². The van der Waals surface area contributed by atoms with E-state index >= 15 is 0 Å². The molecule has 5 heteroatoms. The van der Waals surface area contributed by atoms with Crippen LogP contribution in [0.1, 0.15) is 128 Å². The highest BCUT2D eigenvalue weighted by Gasteiger charge is 2.70. The molecule has 6 aliphatic rings. The molecule has 226 valence electrons. The van der Waals surface area contributed by atoms with Crippen molar-refractivity contribution >= 4 is 5.78 Å². The van der Waals surface area contributed by atoms with Gasteiger partial charge in [-0.3, -0.25) is 4.79 Å². The van der Waals surface area contributed by atoms with E-state index in [1.54, 1.807) is 0 Å².